The molecule has 7 aliphatic rings. The molecule has 2 unspecified atom stereocenters. The lowest BCUT2D eigenvalue weighted by Crippen LogP contribution is -2.65. The number of amides is 3. The summed E-state index contributed by atoms with van der Waals surface area (Å²) in [5, 5.41) is 6.72. The number of nitrogens with zero attached hydrogens (tertiary/aromatic N) is 1. The van der Waals surface area contributed by atoms with Crippen molar-refractivity contribution >= 4 is 11.9 Å². The highest BCUT2D eigenvalue weighted by Gasteiger charge is 2.57. The van der Waals surface area contributed by atoms with Gasteiger partial charge in [-0.05, 0) is 75.5 Å². The summed E-state index contributed by atoms with van der Waals surface area (Å²) in [6, 6.07) is 0.448. The van der Waals surface area contributed by atoms with Crippen molar-refractivity contribution < 1.29 is 9.59 Å². The van der Waals surface area contributed by atoms with Gasteiger partial charge in [-0.25, -0.2) is 4.79 Å². The average molecular weight is 374 g/mol. The summed E-state index contributed by atoms with van der Waals surface area (Å²) in [5.74, 6) is 3.12. The topological polar surface area (TPSA) is 61.4 Å². The van der Waals surface area contributed by atoms with E-state index in [0.29, 0.717) is 6.04 Å². The Bertz CT molecular complexity index is 580. The fourth-order valence-corrected chi connectivity index (χ4v) is 6.99. The van der Waals surface area contributed by atoms with Gasteiger partial charge in [0.25, 0.3) is 0 Å². The van der Waals surface area contributed by atoms with Crippen LogP contribution < -0.4 is 10.6 Å². The number of nitrogens with one attached hydrogen (secondary N) is 2. The van der Waals surface area contributed by atoms with Gasteiger partial charge in [0, 0.05) is 30.6 Å². The molecule has 0 spiro atoms. The molecule has 27 heavy (non-hydrogen) atoms. The minimum atomic E-state index is 0.0880. The predicted molar refractivity (Wildman–Crippen MR) is 104 cm³/mol. The third kappa shape index (κ3) is 3.36. The summed E-state index contributed by atoms with van der Waals surface area (Å²) in [6.45, 7) is 1.44. The summed E-state index contributed by atoms with van der Waals surface area (Å²) in [6.07, 6.45) is 14.0. The first-order chi connectivity index (χ1) is 13.1. The maximum atomic E-state index is 12.9. The van der Waals surface area contributed by atoms with Gasteiger partial charge in [0.2, 0.25) is 5.91 Å². The van der Waals surface area contributed by atoms with E-state index >= 15 is 0 Å². The van der Waals surface area contributed by atoms with Gasteiger partial charge in [0.05, 0.1) is 0 Å². The SMILES string of the molecule is O=C(NC12CCC3C(CC3C1)C2)C1CCN(C(=O)NC2CCCCC2)CC1. The van der Waals surface area contributed by atoms with Crippen LogP contribution in [0.25, 0.3) is 0 Å². The van der Waals surface area contributed by atoms with Crippen LogP contribution in [0, 0.1) is 23.7 Å². The Labute approximate surface area is 163 Å². The molecule has 6 saturated carbocycles. The number of hydrogen-bond acceptors (Lipinski definition) is 2. The summed E-state index contributed by atoms with van der Waals surface area (Å²) < 4.78 is 0. The number of urea groups is 1. The zero-order valence-corrected chi connectivity index (χ0v) is 16.5. The average Bonchev–Trinajstić information content (AvgIpc) is 2.68. The van der Waals surface area contributed by atoms with Crippen LogP contribution in [0.15, 0.2) is 0 Å². The van der Waals surface area contributed by atoms with E-state index in [0.717, 1.165) is 56.5 Å². The van der Waals surface area contributed by atoms with Crippen molar-refractivity contribution in [3.05, 3.63) is 0 Å². The number of piperidine rings is 1. The van der Waals surface area contributed by atoms with E-state index < -0.39 is 0 Å². The third-order valence-corrected chi connectivity index (χ3v) is 8.55. The minimum absolute atomic E-state index is 0.0880. The van der Waals surface area contributed by atoms with E-state index in [4.69, 9.17) is 0 Å². The van der Waals surface area contributed by atoms with Crippen molar-refractivity contribution in [1.29, 1.82) is 0 Å². The fourth-order valence-electron chi connectivity index (χ4n) is 6.99. The monoisotopic (exact) mass is 373 g/mol. The molecular weight excluding hydrogens is 338 g/mol. The number of rotatable bonds is 3. The van der Waals surface area contributed by atoms with Crippen LogP contribution in [0.1, 0.15) is 77.0 Å². The molecule has 0 radical (unpaired) electrons. The van der Waals surface area contributed by atoms with E-state index in [1.54, 1.807) is 0 Å². The molecule has 7 fully saturated rings. The Morgan fingerprint density at radius 2 is 1.59 bits per heavy atom. The maximum Gasteiger partial charge on any atom is 0.317 e. The van der Waals surface area contributed by atoms with Crippen LogP contribution in [0.3, 0.4) is 0 Å². The Balaban J connectivity index is 1.09. The third-order valence-electron chi connectivity index (χ3n) is 8.55. The van der Waals surface area contributed by atoms with Gasteiger partial charge in [0.15, 0.2) is 0 Å². The van der Waals surface area contributed by atoms with Crippen LogP contribution in [-0.4, -0.2) is 41.5 Å². The first-order valence-corrected chi connectivity index (χ1v) is 11.5. The normalized spacial score (nSPS) is 39.0. The molecule has 2 N–H and O–H groups in total. The summed E-state index contributed by atoms with van der Waals surface area (Å²) in [5.41, 5.74) is 0.120. The second kappa shape index (κ2) is 6.97. The number of carbonyl (C=O) groups is 2. The van der Waals surface area contributed by atoms with Gasteiger partial charge < -0.3 is 15.5 Å². The van der Waals surface area contributed by atoms with E-state index in [1.807, 2.05) is 4.90 Å². The van der Waals surface area contributed by atoms with E-state index in [2.05, 4.69) is 10.6 Å². The number of carbonyl (C=O) groups excluding carboxylic acids is 2. The van der Waals surface area contributed by atoms with Gasteiger partial charge in [-0.1, -0.05) is 19.3 Å². The van der Waals surface area contributed by atoms with Crippen LogP contribution >= 0.6 is 0 Å². The molecule has 0 aromatic rings. The number of hydrogen-bond donors (Lipinski definition) is 2. The number of likely N-dealkylation sites (tertiary alicyclic amines) is 1. The molecule has 1 saturated heterocycles. The molecule has 4 bridgehead atoms. The van der Waals surface area contributed by atoms with Crippen molar-refractivity contribution in [2.75, 3.05) is 13.1 Å². The van der Waals surface area contributed by atoms with Crippen molar-refractivity contribution in [2.24, 2.45) is 23.7 Å². The number of fused-ring (bicyclic) bond motifs is 1. The highest BCUT2D eigenvalue weighted by molar-refractivity contribution is 5.80. The van der Waals surface area contributed by atoms with Gasteiger partial charge >= 0.3 is 6.03 Å². The standard InChI is InChI=1S/C22H35N3O2/c26-20(24-22-9-6-19-16(13-22)12-17(19)14-22)15-7-10-25(11-8-15)21(27)23-18-4-2-1-3-5-18/h15-19H,1-14H2,(H,23,27)(H,24,26). The Kier molecular flexibility index (Phi) is 4.60. The second-order valence-electron chi connectivity index (χ2n) is 10.2. The first kappa shape index (κ1) is 17.8. The Hall–Kier alpha value is -1.26. The zero-order valence-electron chi connectivity index (χ0n) is 16.5. The first-order valence-electron chi connectivity index (χ1n) is 11.5. The Morgan fingerprint density at radius 3 is 2.26 bits per heavy atom. The lowest BCUT2D eigenvalue weighted by atomic mass is 9.45. The van der Waals surface area contributed by atoms with Crippen molar-refractivity contribution in [3.8, 4) is 0 Å². The molecule has 1 heterocycles. The van der Waals surface area contributed by atoms with Crippen molar-refractivity contribution in [1.82, 2.24) is 15.5 Å². The smallest absolute Gasteiger partial charge is 0.317 e. The van der Waals surface area contributed by atoms with Gasteiger partial charge in [0.1, 0.15) is 0 Å². The van der Waals surface area contributed by atoms with Gasteiger partial charge in [-0.3, -0.25) is 4.79 Å². The predicted octanol–water partition coefficient (Wildman–Crippen LogP) is 3.44. The van der Waals surface area contributed by atoms with Crippen LogP contribution in [0.4, 0.5) is 4.79 Å². The van der Waals surface area contributed by atoms with E-state index in [1.165, 1.54) is 51.4 Å². The molecule has 1 aliphatic heterocycles. The summed E-state index contributed by atoms with van der Waals surface area (Å²) in [4.78, 5) is 27.4. The van der Waals surface area contributed by atoms with Crippen molar-refractivity contribution in [3.63, 3.8) is 0 Å². The van der Waals surface area contributed by atoms with Gasteiger partial charge in [-0.2, -0.15) is 0 Å². The van der Waals surface area contributed by atoms with Crippen LogP contribution in [0.5, 0.6) is 0 Å². The zero-order chi connectivity index (χ0) is 18.4. The molecule has 3 amide bonds. The lowest BCUT2D eigenvalue weighted by Gasteiger charge is -2.63. The second-order valence-corrected chi connectivity index (χ2v) is 10.2. The summed E-state index contributed by atoms with van der Waals surface area (Å²) in [7, 11) is 0. The lowest BCUT2D eigenvalue weighted by molar-refractivity contribution is -0.138. The largest absolute Gasteiger partial charge is 0.350 e. The molecule has 0 aromatic carbocycles. The van der Waals surface area contributed by atoms with E-state index in [9.17, 15) is 9.59 Å². The van der Waals surface area contributed by atoms with Crippen LogP contribution in [0.2, 0.25) is 0 Å². The quantitative estimate of drug-likeness (QED) is 0.796. The highest BCUT2D eigenvalue weighted by Crippen LogP contribution is 2.61. The molecule has 5 heteroatoms. The van der Waals surface area contributed by atoms with Gasteiger partial charge in [-0.15, -0.1) is 0 Å². The van der Waals surface area contributed by atoms with Crippen molar-refractivity contribution in [2.45, 2.75) is 88.6 Å². The molecule has 0 aromatic heterocycles. The molecule has 150 valence electrons. The summed E-state index contributed by atoms with van der Waals surface area (Å²) >= 11 is 0. The molecule has 7 rings (SSSR count). The fraction of sp³-hybridized carbons (Fsp3) is 0.909. The molecular formula is C22H35N3O2. The highest BCUT2D eigenvalue weighted by atomic mass is 16.2. The molecule has 2 atom stereocenters. The molecule has 5 nitrogen and oxygen atoms in total. The van der Waals surface area contributed by atoms with Crippen LogP contribution in [-0.2, 0) is 4.79 Å². The van der Waals surface area contributed by atoms with E-state index in [-0.39, 0.29) is 23.4 Å². The maximum absolute atomic E-state index is 12.9. The molecule has 6 aliphatic carbocycles. The minimum Gasteiger partial charge on any atom is -0.350 e. The Morgan fingerprint density at radius 1 is 0.889 bits per heavy atom.